The third-order valence-electron chi connectivity index (χ3n) is 2.12. The molecule has 1 unspecified atom stereocenters. The fourth-order valence-electron chi connectivity index (χ4n) is 1.20. The average Bonchev–Trinajstić information content (AvgIpc) is 2.28. The molecule has 0 bridgehead atoms. The summed E-state index contributed by atoms with van der Waals surface area (Å²) in [6.45, 7) is 1.87. The quantitative estimate of drug-likeness (QED) is 0.628. The van der Waals surface area contributed by atoms with Crippen LogP contribution in [0.2, 0.25) is 0 Å². The molecule has 1 aromatic rings. The molecule has 1 atom stereocenters. The van der Waals surface area contributed by atoms with Crippen molar-refractivity contribution in [3.8, 4) is 0 Å². The van der Waals surface area contributed by atoms with E-state index in [1.807, 2.05) is 13.0 Å². The molecule has 0 radical (unpaired) electrons. The summed E-state index contributed by atoms with van der Waals surface area (Å²) in [7, 11) is 1.31. The molecule has 0 spiro atoms. The summed E-state index contributed by atoms with van der Waals surface area (Å²) < 4.78 is 17.3. The van der Waals surface area contributed by atoms with Gasteiger partial charge in [-0.2, -0.15) is 0 Å². The Morgan fingerprint density at radius 1 is 1.56 bits per heavy atom. The van der Waals surface area contributed by atoms with Gasteiger partial charge in [0, 0.05) is 18.3 Å². The molecule has 0 amide bonds. The first kappa shape index (κ1) is 12.2. The van der Waals surface area contributed by atoms with Gasteiger partial charge in [-0.15, -0.1) is 0 Å². The van der Waals surface area contributed by atoms with Crippen molar-refractivity contribution < 1.29 is 13.9 Å². The van der Waals surface area contributed by atoms with Crippen molar-refractivity contribution in [1.29, 1.82) is 0 Å². The highest BCUT2D eigenvalue weighted by Crippen LogP contribution is 2.12. The average molecular weight is 223 g/mol. The van der Waals surface area contributed by atoms with Crippen molar-refractivity contribution in [2.24, 2.45) is 0 Å². The number of esters is 1. The molecule has 0 saturated carbocycles. The fraction of sp³-hybridized carbons (Fsp3) is 0.250. The number of nitrogens with one attached hydrogen (secondary N) is 1. The van der Waals surface area contributed by atoms with Crippen molar-refractivity contribution in [3.63, 3.8) is 0 Å². The minimum atomic E-state index is -0.432. The lowest BCUT2D eigenvalue weighted by Crippen LogP contribution is -2.12. The Morgan fingerprint density at radius 3 is 2.94 bits per heavy atom. The number of hydrogen-bond acceptors (Lipinski definition) is 3. The smallest absolute Gasteiger partial charge is 0.331 e. The van der Waals surface area contributed by atoms with E-state index in [0.29, 0.717) is 0 Å². The molecule has 0 fully saturated rings. The number of ether oxygens (including phenoxy) is 1. The van der Waals surface area contributed by atoms with Crippen LogP contribution >= 0.6 is 0 Å². The molecule has 16 heavy (non-hydrogen) atoms. The summed E-state index contributed by atoms with van der Waals surface area (Å²) >= 11 is 0. The van der Waals surface area contributed by atoms with Gasteiger partial charge >= 0.3 is 5.97 Å². The summed E-state index contributed by atoms with van der Waals surface area (Å²) in [4.78, 5) is 10.8. The minimum Gasteiger partial charge on any atom is -0.466 e. The summed E-state index contributed by atoms with van der Waals surface area (Å²) in [6.07, 6.45) is 2.76. The van der Waals surface area contributed by atoms with E-state index in [-0.39, 0.29) is 11.9 Å². The molecule has 0 heterocycles. The highest BCUT2D eigenvalue weighted by atomic mass is 19.1. The highest BCUT2D eigenvalue weighted by Gasteiger charge is 2.03. The first-order valence-electron chi connectivity index (χ1n) is 4.89. The third kappa shape index (κ3) is 3.73. The lowest BCUT2D eigenvalue weighted by molar-refractivity contribution is -0.134. The largest absolute Gasteiger partial charge is 0.466 e. The monoisotopic (exact) mass is 223 g/mol. The number of carbonyl (C=O) groups excluding carboxylic acids is 1. The van der Waals surface area contributed by atoms with E-state index in [0.717, 1.165) is 5.56 Å². The SMILES string of the molecule is COC(=O)/C=C/NC(C)c1cccc(F)c1. The fourth-order valence-corrected chi connectivity index (χ4v) is 1.20. The Morgan fingerprint density at radius 2 is 2.31 bits per heavy atom. The van der Waals surface area contributed by atoms with Crippen molar-refractivity contribution in [2.75, 3.05) is 7.11 Å². The first-order valence-corrected chi connectivity index (χ1v) is 4.89. The number of methoxy groups -OCH3 is 1. The number of benzene rings is 1. The second-order valence-corrected chi connectivity index (χ2v) is 3.30. The van der Waals surface area contributed by atoms with E-state index in [4.69, 9.17) is 0 Å². The lowest BCUT2D eigenvalue weighted by atomic mass is 10.1. The minimum absolute atomic E-state index is 0.0726. The second kappa shape index (κ2) is 5.90. The molecule has 3 nitrogen and oxygen atoms in total. The topological polar surface area (TPSA) is 38.3 Å². The Balaban J connectivity index is 2.56. The van der Waals surface area contributed by atoms with Crippen molar-refractivity contribution in [1.82, 2.24) is 5.32 Å². The Bertz CT molecular complexity index is 390. The van der Waals surface area contributed by atoms with Gasteiger partial charge in [-0.25, -0.2) is 9.18 Å². The van der Waals surface area contributed by atoms with Crippen LogP contribution in [0.5, 0.6) is 0 Å². The van der Waals surface area contributed by atoms with Crippen LogP contribution in [0.15, 0.2) is 36.5 Å². The van der Waals surface area contributed by atoms with Crippen LogP contribution in [0.1, 0.15) is 18.5 Å². The highest BCUT2D eigenvalue weighted by molar-refractivity contribution is 5.81. The molecule has 1 N–H and O–H groups in total. The van der Waals surface area contributed by atoms with Crippen LogP contribution in [-0.4, -0.2) is 13.1 Å². The van der Waals surface area contributed by atoms with Gasteiger partial charge in [-0.05, 0) is 24.6 Å². The van der Waals surface area contributed by atoms with Crippen LogP contribution in [0.3, 0.4) is 0 Å². The van der Waals surface area contributed by atoms with Gasteiger partial charge in [-0.1, -0.05) is 12.1 Å². The molecule has 4 heteroatoms. The van der Waals surface area contributed by atoms with Gasteiger partial charge < -0.3 is 10.1 Å². The zero-order valence-electron chi connectivity index (χ0n) is 9.24. The maximum Gasteiger partial charge on any atom is 0.331 e. The molecule has 1 aromatic carbocycles. The molecule has 1 rings (SSSR count). The summed E-state index contributed by atoms with van der Waals surface area (Å²) in [6, 6.07) is 6.22. The van der Waals surface area contributed by atoms with Crippen molar-refractivity contribution in [3.05, 3.63) is 47.9 Å². The molecule has 86 valence electrons. The first-order chi connectivity index (χ1) is 7.63. The van der Waals surface area contributed by atoms with E-state index in [9.17, 15) is 9.18 Å². The summed E-state index contributed by atoms with van der Waals surface area (Å²) in [5.41, 5.74) is 0.814. The summed E-state index contributed by atoms with van der Waals surface area (Å²) in [5, 5.41) is 2.94. The van der Waals surface area contributed by atoms with Gasteiger partial charge in [0.05, 0.1) is 7.11 Å². The zero-order chi connectivity index (χ0) is 12.0. The van der Waals surface area contributed by atoms with E-state index >= 15 is 0 Å². The van der Waals surface area contributed by atoms with E-state index in [2.05, 4.69) is 10.1 Å². The maximum absolute atomic E-state index is 12.9. The van der Waals surface area contributed by atoms with Gasteiger partial charge in [0.25, 0.3) is 0 Å². The van der Waals surface area contributed by atoms with Crippen LogP contribution in [0.25, 0.3) is 0 Å². The van der Waals surface area contributed by atoms with Crippen LogP contribution in [0.4, 0.5) is 4.39 Å². The predicted octanol–water partition coefficient (Wildman–Crippen LogP) is 2.16. The Kier molecular flexibility index (Phi) is 4.51. The molecule has 0 aliphatic carbocycles. The van der Waals surface area contributed by atoms with Gasteiger partial charge in [-0.3, -0.25) is 0 Å². The molecule has 0 aromatic heterocycles. The predicted molar refractivity (Wildman–Crippen MR) is 59.1 cm³/mol. The van der Waals surface area contributed by atoms with Crippen LogP contribution < -0.4 is 5.32 Å². The van der Waals surface area contributed by atoms with Gasteiger partial charge in [0.1, 0.15) is 5.82 Å². The third-order valence-corrected chi connectivity index (χ3v) is 2.12. The molecular weight excluding hydrogens is 209 g/mol. The lowest BCUT2D eigenvalue weighted by Gasteiger charge is -2.11. The number of carbonyl (C=O) groups is 1. The number of halogens is 1. The molecular formula is C12H14FNO2. The van der Waals surface area contributed by atoms with E-state index in [1.165, 1.54) is 31.5 Å². The molecule has 0 aliphatic rings. The number of hydrogen-bond donors (Lipinski definition) is 1. The van der Waals surface area contributed by atoms with E-state index < -0.39 is 5.97 Å². The standard InChI is InChI=1S/C12H14FNO2/c1-9(14-7-6-12(15)16-2)10-4-3-5-11(13)8-10/h3-9,14H,1-2H3/b7-6+. The van der Waals surface area contributed by atoms with Crippen molar-refractivity contribution in [2.45, 2.75) is 13.0 Å². The van der Waals surface area contributed by atoms with Crippen LogP contribution in [0, 0.1) is 5.82 Å². The summed E-state index contributed by atoms with van der Waals surface area (Å²) in [5.74, 6) is -0.706. The molecule has 0 aliphatic heterocycles. The van der Waals surface area contributed by atoms with E-state index in [1.54, 1.807) is 6.07 Å². The Labute approximate surface area is 93.9 Å². The van der Waals surface area contributed by atoms with Crippen LogP contribution in [-0.2, 0) is 9.53 Å². The number of rotatable bonds is 4. The van der Waals surface area contributed by atoms with Gasteiger partial charge in [0.15, 0.2) is 0 Å². The second-order valence-electron chi connectivity index (χ2n) is 3.30. The normalized spacial score (nSPS) is 12.4. The maximum atomic E-state index is 12.9. The Hall–Kier alpha value is -1.84. The molecule has 0 saturated heterocycles. The van der Waals surface area contributed by atoms with Gasteiger partial charge in [0.2, 0.25) is 0 Å². The van der Waals surface area contributed by atoms with Crippen molar-refractivity contribution >= 4 is 5.97 Å². The zero-order valence-corrected chi connectivity index (χ0v) is 9.24.